The Kier molecular flexibility index (Phi) is 5.13. The number of carbonyl (C=O) groups is 3. The van der Waals surface area contributed by atoms with Crippen LogP contribution in [0.5, 0.6) is 0 Å². The third-order valence-electron chi connectivity index (χ3n) is 2.09. The molecule has 0 fully saturated rings. The van der Waals surface area contributed by atoms with Crippen molar-refractivity contribution in [2.24, 2.45) is 0 Å². The number of halogens is 1. The molecule has 0 aliphatic heterocycles. The lowest BCUT2D eigenvalue weighted by Gasteiger charge is -2.08. The van der Waals surface area contributed by atoms with Crippen molar-refractivity contribution in [2.45, 2.75) is 0 Å². The number of rotatable bonds is 4. The molecule has 0 saturated heterocycles. The van der Waals surface area contributed by atoms with E-state index in [-0.39, 0.29) is 28.7 Å². The monoisotopic (exact) mass is 285 g/mol. The average Bonchev–Trinajstić information content (AvgIpc) is 2.35. The van der Waals surface area contributed by atoms with Gasteiger partial charge in [0.2, 0.25) is 5.91 Å². The fourth-order valence-corrected chi connectivity index (χ4v) is 1.44. The van der Waals surface area contributed by atoms with Crippen molar-refractivity contribution in [3.05, 3.63) is 28.8 Å². The Balaban J connectivity index is 2.69. The van der Waals surface area contributed by atoms with E-state index in [4.69, 9.17) is 16.7 Å². The highest BCUT2D eigenvalue weighted by Gasteiger charge is 2.09. The van der Waals surface area contributed by atoms with Crippen LogP contribution in [0, 0.1) is 0 Å². The van der Waals surface area contributed by atoms with Crippen molar-refractivity contribution in [2.75, 3.05) is 18.9 Å². The SMILES string of the molecule is CNC(=O)CNC(=O)Nc1cc(Cl)cc(C(=O)O)c1. The Morgan fingerprint density at radius 3 is 2.53 bits per heavy atom. The summed E-state index contributed by atoms with van der Waals surface area (Å²) in [7, 11) is 1.44. The molecule has 0 unspecified atom stereocenters. The van der Waals surface area contributed by atoms with E-state index < -0.39 is 12.0 Å². The smallest absolute Gasteiger partial charge is 0.335 e. The number of carbonyl (C=O) groups excluding carboxylic acids is 2. The van der Waals surface area contributed by atoms with E-state index in [1.54, 1.807) is 0 Å². The molecule has 3 amide bonds. The predicted octanol–water partition coefficient (Wildman–Crippen LogP) is 0.906. The minimum absolute atomic E-state index is 0.0471. The number of carboxylic acid groups (broad SMARTS) is 1. The zero-order valence-corrected chi connectivity index (χ0v) is 10.7. The van der Waals surface area contributed by atoms with Gasteiger partial charge in [0, 0.05) is 17.8 Å². The molecule has 19 heavy (non-hydrogen) atoms. The van der Waals surface area contributed by atoms with Gasteiger partial charge in [0.15, 0.2) is 0 Å². The van der Waals surface area contributed by atoms with Gasteiger partial charge in [-0.25, -0.2) is 9.59 Å². The molecule has 0 radical (unpaired) electrons. The Morgan fingerprint density at radius 2 is 1.95 bits per heavy atom. The molecule has 0 bridgehead atoms. The second kappa shape index (κ2) is 6.60. The summed E-state index contributed by atoms with van der Waals surface area (Å²) >= 11 is 5.73. The molecule has 102 valence electrons. The summed E-state index contributed by atoms with van der Waals surface area (Å²) in [5, 5.41) is 16.0. The van der Waals surface area contributed by atoms with Crippen LogP contribution in [0.1, 0.15) is 10.4 Å². The van der Waals surface area contributed by atoms with Crippen LogP contribution in [0.15, 0.2) is 18.2 Å². The first kappa shape index (κ1) is 14.8. The molecule has 4 N–H and O–H groups in total. The lowest BCUT2D eigenvalue weighted by Crippen LogP contribution is -2.37. The third-order valence-corrected chi connectivity index (χ3v) is 2.31. The minimum Gasteiger partial charge on any atom is -0.478 e. The Labute approximate surface area is 113 Å². The number of hydrogen-bond acceptors (Lipinski definition) is 3. The predicted molar refractivity (Wildman–Crippen MR) is 69.5 cm³/mol. The topological polar surface area (TPSA) is 108 Å². The molecule has 0 aliphatic rings. The second-order valence-electron chi connectivity index (χ2n) is 3.51. The summed E-state index contributed by atoms with van der Waals surface area (Å²) in [4.78, 5) is 33.2. The van der Waals surface area contributed by atoms with Crippen molar-refractivity contribution in [1.82, 2.24) is 10.6 Å². The summed E-state index contributed by atoms with van der Waals surface area (Å²) in [6.07, 6.45) is 0. The number of aromatic carboxylic acids is 1. The number of benzene rings is 1. The van der Waals surface area contributed by atoms with E-state index in [1.165, 1.54) is 25.2 Å². The molecule has 8 heteroatoms. The summed E-state index contributed by atoms with van der Waals surface area (Å²) in [6, 6.07) is 3.28. The first-order valence-corrected chi connectivity index (χ1v) is 5.59. The lowest BCUT2D eigenvalue weighted by molar-refractivity contribution is -0.119. The average molecular weight is 286 g/mol. The van der Waals surface area contributed by atoms with Crippen molar-refractivity contribution in [1.29, 1.82) is 0 Å². The zero-order chi connectivity index (χ0) is 14.4. The van der Waals surface area contributed by atoms with E-state index in [9.17, 15) is 14.4 Å². The number of carboxylic acids is 1. The number of hydrogen-bond donors (Lipinski definition) is 4. The number of amides is 3. The first-order valence-electron chi connectivity index (χ1n) is 5.21. The van der Waals surface area contributed by atoms with Gasteiger partial charge in [-0.3, -0.25) is 4.79 Å². The summed E-state index contributed by atoms with van der Waals surface area (Å²) in [6.45, 7) is -0.186. The highest BCUT2D eigenvalue weighted by atomic mass is 35.5. The number of urea groups is 1. The van der Waals surface area contributed by atoms with E-state index in [2.05, 4.69) is 16.0 Å². The third kappa shape index (κ3) is 4.84. The van der Waals surface area contributed by atoms with E-state index >= 15 is 0 Å². The highest BCUT2D eigenvalue weighted by Crippen LogP contribution is 2.19. The standard InChI is InChI=1S/C11H12ClN3O4/c1-13-9(16)5-14-11(19)15-8-3-6(10(17)18)2-7(12)4-8/h2-4H,5H2,1H3,(H,13,16)(H,17,18)(H2,14,15,19). The van der Waals surface area contributed by atoms with Crippen LogP contribution in [0.3, 0.4) is 0 Å². The maximum absolute atomic E-state index is 11.4. The fraction of sp³-hybridized carbons (Fsp3) is 0.182. The highest BCUT2D eigenvalue weighted by molar-refractivity contribution is 6.31. The van der Waals surface area contributed by atoms with Gasteiger partial charge in [0.05, 0.1) is 12.1 Å². The molecule has 0 aromatic heterocycles. The van der Waals surface area contributed by atoms with Gasteiger partial charge < -0.3 is 21.1 Å². The second-order valence-corrected chi connectivity index (χ2v) is 3.95. The minimum atomic E-state index is -1.16. The molecule has 0 saturated carbocycles. The van der Waals surface area contributed by atoms with Crippen molar-refractivity contribution < 1.29 is 19.5 Å². The Hall–Kier alpha value is -2.28. The van der Waals surface area contributed by atoms with Crippen molar-refractivity contribution >= 4 is 35.2 Å². The van der Waals surface area contributed by atoms with Gasteiger partial charge in [-0.05, 0) is 18.2 Å². The van der Waals surface area contributed by atoms with Crippen LogP contribution < -0.4 is 16.0 Å². The van der Waals surface area contributed by atoms with E-state index in [0.717, 1.165) is 0 Å². The van der Waals surface area contributed by atoms with Crippen LogP contribution in [-0.4, -0.2) is 36.6 Å². The van der Waals surface area contributed by atoms with Crippen molar-refractivity contribution in [3.63, 3.8) is 0 Å². The quantitative estimate of drug-likeness (QED) is 0.659. The number of likely N-dealkylation sites (N-methyl/N-ethyl adjacent to an activating group) is 1. The molecule has 0 aliphatic carbocycles. The maximum atomic E-state index is 11.4. The van der Waals surface area contributed by atoms with E-state index in [0.29, 0.717) is 0 Å². The van der Waals surface area contributed by atoms with Gasteiger partial charge in [0.1, 0.15) is 0 Å². The molecule has 7 nitrogen and oxygen atoms in total. The van der Waals surface area contributed by atoms with Gasteiger partial charge in [-0.1, -0.05) is 11.6 Å². The number of anilines is 1. The molecule has 0 atom stereocenters. The Morgan fingerprint density at radius 1 is 1.26 bits per heavy atom. The summed E-state index contributed by atoms with van der Waals surface area (Å²) in [5.41, 5.74) is 0.174. The van der Waals surface area contributed by atoms with Crippen LogP contribution in [-0.2, 0) is 4.79 Å². The molecule has 0 heterocycles. The van der Waals surface area contributed by atoms with Crippen LogP contribution >= 0.6 is 11.6 Å². The number of nitrogens with one attached hydrogen (secondary N) is 3. The van der Waals surface area contributed by atoms with Crippen molar-refractivity contribution in [3.8, 4) is 0 Å². The Bertz CT molecular complexity index is 519. The van der Waals surface area contributed by atoms with E-state index in [1.807, 2.05) is 0 Å². The molecule has 1 aromatic rings. The fourth-order valence-electron chi connectivity index (χ4n) is 1.21. The van der Waals surface area contributed by atoms with Gasteiger partial charge in [0.25, 0.3) is 0 Å². The van der Waals surface area contributed by atoms with Crippen LogP contribution in [0.25, 0.3) is 0 Å². The first-order chi connectivity index (χ1) is 8.92. The van der Waals surface area contributed by atoms with Gasteiger partial charge in [-0.15, -0.1) is 0 Å². The largest absolute Gasteiger partial charge is 0.478 e. The van der Waals surface area contributed by atoms with Crippen LogP contribution in [0.2, 0.25) is 5.02 Å². The summed E-state index contributed by atoms with van der Waals surface area (Å²) in [5.74, 6) is -1.51. The molecule has 1 rings (SSSR count). The molecule has 0 spiro atoms. The molecular formula is C11H12ClN3O4. The van der Waals surface area contributed by atoms with Gasteiger partial charge in [-0.2, -0.15) is 0 Å². The molecular weight excluding hydrogens is 274 g/mol. The van der Waals surface area contributed by atoms with Gasteiger partial charge >= 0.3 is 12.0 Å². The maximum Gasteiger partial charge on any atom is 0.335 e. The lowest BCUT2D eigenvalue weighted by atomic mass is 10.2. The van der Waals surface area contributed by atoms with Crippen LogP contribution in [0.4, 0.5) is 10.5 Å². The molecule has 1 aromatic carbocycles. The normalized spacial score (nSPS) is 9.58. The zero-order valence-electron chi connectivity index (χ0n) is 9.99. The summed E-state index contributed by atoms with van der Waals surface area (Å²) < 4.78 is 0.